The van der Waals surface area contributed by atoms with Crippen molar-refractivity contribution in [3.63, 3.8) is 0 Å². The number of methoxy groups -OCH3 is 1. The van der Waals surface area contributed by atoms with Crippen LogP contribution in [0.2, 0.25) is 0 Å². The van der Waals surface area contributed by atoms with Gasteiger partial charge in [0.05, 0.1) is 7.11 Å². The van der Waals surface area contributed by atoms with Gasteiger partial charge >= 0.3 is 6.09 Å². The van der Waals surface area contributed by atoms with Gasteiger partial charge in [0.25, 0.3) is 0 Å². The lowest BCUT2D eigenvalue weighted by atomic mass is 10.2. The van der Waals surface area contributed by atoms with Gasteiger partial charge in [0, 0.05) is 6.54 Å². The Labute approximate surface area is 68.1 Å². The van der Waals surface area contributed by atoms with Crippen LogP contribution >= 0.6 is 0 Å². The fourth-order valence-corrected chi connectivity index (χ4v) is 0.741. The molecule has 0 aromatic heterocycles. The first kappa shape index (κ1) is 10.3. The lowest BCUT2D eigenvalue weighted by Gasteiger charge is -2.01. The zero-order chi connectivity index (χ0) is 8.53. The van der Waals surface area contributed by atoms with E-state index >= 15 is 0 Å². The smallest absolute Gasteiger partial charge is 0.406 e. The largest absolute Gasteiger partial charge is 0.453 e. The Morgan fingerprint density at radius 3 is 2.73 bits per heavy atom. The van der Waals surface area contributed by atoms with Crippen LogP contribution in [0.15, 0.2) is 0 Å². The van der Waals surface area contributed by atoms with Crippen LogP contribution in [0.5, 0.6) is 0 Å². The molecule has 1 N–H and O–H groups in total. The Kier molecular flexibility index (Phi) is 6.89. The van der Waals surface area contributed by atoms with Crippen LogP contribution in [0.3, 0.4) is 0 Å². The molecule has 0 atom stereocenters. The molecule has 0 aliphatic rings. The first-order valence-electron chi connectivity index (χ1n) is 3.92. The molecule has 0 spiro atoms. The molecule has 3 heteroatoms. The number of hydrogen-bond donors (Lipinski definition) is 1. The first-order valence-corrected chi connectivity index (χ1v) is 3.92. The van der Waals surface area contributed by atoms with Crippen LogP contribution in [-0.4, -0.2) is 19.7 Å². The van der Waals surface area contributed by atoms with E-state index in [1.165, 1.54) is 7.11 Å². The van der Waals surface area contributed by atoms with E-state index in [9.17, 15) is 4.79 Å². The average molecular weight is 158 g/mol. The molecule has 0 heterocycles. The number of nitrogens with one attached hydrogen (secondary N) is 1. The van der Waals surface area contributed by atoms with Crippen LogP contribution in [0.25, 0.3) is 0 Å². The van der Waals surface area contributed by atoms with Crippen LogP contribution in [0.4, 0.5) is 4.79 Å². The average Bonchev–Trinajstić information content (AvgIpc) is 2.04. The molecule has 0 fully saturated rings. The number of ether oxygens (including phenoxy) is 1. The highest BCUT2D eigenvalue weighted by atomic mass is 16.5. The lowest BCUT2D eigenvalue weighted by molar-refractivity contribution is 0.171. The molecule has 0 unspecified atom stereocenters. The van der Waals surface area contributed by atoms with Gasteiger partial charge in [-0.3, -0.25) is 0 Å². The van der Waals surface area contributed by atoms with Gasteiger partial charge in [-0.05, 0) is 6.42 Å². The van der Waals surface area contributed by atoms with Crippen molar-refractivity contribution in [3.8, 4) is 0 Å². The summed E-state index contributed by atoms with van der Waals surface area (Å²) in [6.07, 6.45) is 3.87. The predicted molar refractivity (Wildman–Crippen MR) is 44.2 cm³/mol. The molecule has 0 saturated carbocycles. The minimum atomic E-state index is -0.348. The summed E-state index contributed by atoms with van der Waals surface area (Å²) in [6, 6.07) is 0. The molecular weight excluding hydrogens is 142 g/mol. The summed E-state index contributed by atoms with van der Waals surface area (Å²) >= 11 is 0. The van der Waals surface area contributed by atoms with Crippen molar-refractivity contribution >= 4 is 6.09 Å². The number of amides is 1. The van der Waals surface area contributed by atoms with Gasteiger partial charge in [-0.15, -0.1) is 0 Å². The summed E-state index contributed by atoms with van der Waals surface area (Å²) in [5.41, 5.74) is 0. The van der Waals surface area contributed by atoms with Crippen LogP contribution < -0.4 is 5.32 Å². The Hall–Kier alpha value is -0.730. The van der Waals surface area contributed by atoms with Gasteiger partial charge in [0.1, 0.15) is 0 Å². The van der Waals surface area contributed by atoms with E-state index in [-0.39, 0.29) is 6.09 Å². The van der Waals surface area contributed by atoms with Crippen LogP contribution in [-0.2, 0) is 4.74 Å². The first-order chi connectivity index (χ1) is 5.31. The number of rotatable bonds is 5. The lowest BCUT2D eigenvalue weighted by Crippen LogP contribution is -2.23. The van der Waals surface area contributed by atoms with Crippen LogP contribution in [0.1, 0.15) is 25.7 Å². The van der Waals surface area contributed by atoms with E-state index in [0.29, 0.717) is 6.54 Å². The van der Waals surface area contributed by atoms with E-state index in [2.05, 4.69) is 17.0 Å². The fourth-order valence-electron chi connectivity index (χ4n) is 0.741. The van der Waals surface area contributed by atoms with E-state index in [1.807, 2.05) is 0 Å². The van der Waals surface area contributed by atoms with Crippen molar-refractivity contribution in [2.75, 3.05) is 13.7 Å². The topological polar surface area (TPSA) is 38.3 Å². The molecule has 1 amide bonds. The zero-order valence-electron chi connectivity index (χ0n) is 7.06. The van der Waals surface area contributed by atoms with Gasteiger partial charge < -0.3 is 10.1 Å². The van der Waals surface area contributed by atoms with Gasteiger partial charge in [-0.2, -0.15) is 0 Å². The highest BCUT2D eigenvalue weighted by Crippen LogP contribution is 1.96. The maximum absolute atomic E-state index is 10.5. The second-order valence-electron chi connectivity index (χ2n) is 2.33. The summed E-state index contributed by atoms with van der Waals surface area (Å²) in [4.78, 5) is 10.5. The third kappa shape index (κ3) is 7.16. The number of carbonyl (C=O) groups excluding carboxylic acids is 1. The maximum Gasteiger partial charge on any atom is 0.406 e. The summed E-state index contributed by atoms with van der Waals surface area (Å²) < 4.78 is 4.39. The molecular formula is C8H16NO2. The fraction of sp³-hybridized carbons (Fsp3) is 0.750. The normalized spacial score (nSPS) is 9.27. The second-order valence-corrected chi connectivity index (χ2v) is 2.33. The van der Waals surface area contributed by atoms with Gasteiger partial charge in [-0.1, -0.05) is 26.2 Å². The molecule has 0 rings (SSSR count). The Bertz CT molecular complexity index is 104. The zero-order valence-corrected chi connectivity index (χ0v) is 7.06. The Morgan fingerprint density at radius 2 is 2.18 bits per heavy atom. The van der Waals surface area contributed by atoms with E-state index in [4.69, 9.17) is 0 Å². The van der Waals surface area contributed by atoms with Crippen molar-refractivity contribution in [3.05, 3.63) is 6.92 Å². The van der Waals surface area contributed by atoms with Crippen molar-refractivity contribution in [1.29, 1.82) is 0 Å². The van der Waals surface area contributed by atoms with Gasteiger partial charge in [0.15, 0.2) is 0 Å². The number of alkyl carbamates (subject to hydrolysis) is 1. The van der Waals surface area contributed by atoms with E-state index in [0.717, 1.165) is 25.7 Å². The second kappa shape index (κ2) is 7.38. The third-order valence-electron chi connectivity index (χ3n) is 1.38. The standard InChI is InChI=1S/C8H16NO2/c1-3-4-5-6-7-9-8(10)11-2/h1,3-7H2,2H3,(H,9,10). The molecule has 0 aromatic carbocycles. The van der Waals surface area contributed by atoms with Crippen molar-refractivity contribution < 1.29 is 9.53 Å². The van der Waals surface area contributed by atoms with Crippen molar-refractivity contribution in [2.24, 2.45) is 0 Å². The van der Waals surface area contributed by atoms with E-state index < -0.39 is 0 Å². The summed E-state index contributed by atoms with van der Waals surface area (Å²) in [6.45, 7) is 4.42. The van der Waals surface area contributed by atoms with Gasteiger partial charge in [-0.25, -0.2) is 4.79 Å². The maximum atomic E-state index is 10.5. The number of unbranched alkanes of at least 4 members (excludes halogenated alkanes) is 3. The molecule has 11 heavy (non-hydrogen) atoms. The molecule has 1 radical (unpaired) electrons. The SMILES string of the molecule is [CH2]CCCCCNC(=O)OC. The summed E-state index contributed by atoms with van der Waals surface area (Å²) in [5.74, 6) is 0. The van der Waals surface area contributed by atoms with Crippen LogP contribution in [0, 0.1) is 6.92 Å². The quantitative estimate of drug-likeness (QED) is 0.619. The highest BCUT2D eigenvalue weighted by molar-refractivity contribution is 5.66. The Morgan fingerprint density at radius 1 is 1.45 bits per heavy atom. The predicted octanol–water partition coefficient (Wildman–Crippen LogP) is 1.74. The summed E-state index contributed by atoms with van der Waals surface area (Å²) in [7, 11) is 1.37. The number of carbonyl (C=O) groups is 1. The van der Waals surface area contributed by atoms with Gasteiger partial charge in [0.2, 0.25) is 0 Å². The molecule has 65 valence electrons. The van der Waals surface area contributed by atoms with E-state index in [1.54, 1.807) is 0 Å². The molecule has 0 aliphatic heterocycles. The summed E-state index contributed by atoms with van der Waals surface area (Å²) in [5, 5.41) is 2.61. The highest BCUT2D eigenvalue weighted by Gasteiger charge is 1.94. The monoisotopic (exact) mass is 158 g/mol. The van der Waals surface area contributed by atoms with Crippen molar-refractivity contribution in [2.45, 2.75) is 25.7 Å². The Balaban J connectivity index is 2.95. The molecule has 0 aliphatic carbocycles. The molecule has 0 bridgehead atoms. The third-order valence-corrected chi connectivity index (χ3v) is 1.38. The van der Waals surface area contributed by atoms with Crippen molar-refractivity contribution in [1.82, 2.24) is 5.32 Å². The molecule has 0 aromatic rings. The molecule has 0 saturated heterocycles. The molecule has 3 nitrogen and oxygen atoms in total. The number of hydrogen-bond acceptors (Lipinski definition) is 2. The minimum absolute atomic E-state index is 0.348. The minimum Gasteiger partial charge on any atom is -0.453 e.